The highest BCUT2D eigenvalue weighted by Crippen LogP contribution is 2.31. The molecule has 1 amide bonds. The lowest BCUT2D eigenvalue weighted by Crippen LogP contribution is -2.36. The number of ether oxygens (including phenoxy) is 2. The Morgan fingerprint density at radius 3 is 2.27 bits per heavy atom. The fourth-order valence-corrected chi connectivity index (χ4v) is 3.23. The van der Waals surface area contributed by atoms with Crippen molar-refractivity contribution in [2.75, 3.05) is 13.2 Å². The highest BCUT2D eigenvalue weighted by Gasteiger charge is 2.37. The van der Waals surface area contributed by atoms with Crippen LogP contribution in [0.15, 0.2) is 42.6 Å². The molecule has 0 aliphatic heterocycles. The van der Waals surface area contributed by atoms with Crippen molar-refractivity contribution in [1.82, 2.24) is 9.65 Å². The van der Waals surface area contributed by atoms with Crippen LogP contribution in [0.5, 0.6) is 17.4 Å². The third-order valence-electron chi connectivity index (χ3n) is 3.76. The second-order valence-electron chi connectivity index (χ2n) is 5.93. The average Bonchev–Trinajstić information content (AvgIpc) is 2.70. The normalized spacial score (nSPS) is 12.8. The summed E-state index contributed by atoms with van der Waals surface area (Å²) in [5, 5.41) is 0. The van der Waals surface area contributed by atoms with Gasteiger partial charge in [-0.05, 0) is 55.7 Å². The van der Waals surface area contributed by atoms with E-state index in [-0.39, 0.29) is 19.0 Å². The van der Waals surface area contributed by atoms with Crippen LogP contribution < -0.4 is 9.47 Å². The molecule has 0 radical (unpaired) electrons. The summed E-state index contributed by atoms with van der Waals surface area (Å²) in [7, 11) is -2.28. The highest BCUT2D eigenvalue weighted by atomic mass is 31.1. The van der Waals surface area contributed by atoms with Gasteiger partial charge in [0.25, 0.3) is 0 Å². The van der Waals surface area contributed by atoms with Crippen LogP contribution >= 0.6 is 8.18 Å². The second kappa shape index (κ2) is 10.4. The zero-order chi connectivity index (χ0) is 22.3. The monoisotopic (exact) mass is 445 g/mol. The first-order valence-electron chi connectivity index (χ1n) is 9.05. The van der Waals surface area contributed by atoms with Gasteiger partial charge >= 0.3 is 20.3 Å². The van der Waals surface area contributed by atoms with Gasteiger partial charge in [-0.15, -0.1) is 4.52 Å². The number of halogens is 3. The minimum Gasteiger partial charge on any atom is -0.481 e. The van der Waals surface area contributed by atoms with Crippen LogP contribution in [-0.2, 0) is 20.1 Å². The summed E-state index contributed by atoms with van der Waals surface area (Å²) in [5.41, 5.74) is -0.871. The minimum atomic E-state index is -4.47. The molecule has 2 aromatic rings. The molecule has 0 saturated heterocycles. The van der Waals surface area contributed by atoms with E-state index in [2.05, 4.69) is 4.98 Å². The molecule has 1 heterocycles. The predicted octanol–water partition coefficient (Wildman–Crippen LogP) is 5.20. The van der Waals surface area contributed by atoms with Gasteiger partial charge in [-0.2, -0.15) is 13.2 Å². The molecule has 162 valence electrons. The Labute approximate surface area is 172 Å². The maximum absolute atomic E-state index is 12.6. The summed E-state index contributed by atoms with van der Waals surface area (Å²) in [6, 6.07) is 8.09. The molecule has 11 heteroatoms. The third kappa shape index (κ3) is 6.40. The van der Waals surface area contributed by atoms with E-state index in [9.17, 15) is 22.5 Å². The summed E-state index contributed by atoms with van der Waals surface area (Å²) in [6.07, 6.45) is -4.69. The highest BCUT2D eigenvalue weighted by molar-refractivity contribution is 7.37. The number of pyridine rings is 1. The SMILES string of the molecule is CCO[P+](=O)N(CC)C(=O)C(C)Oc1ccc(Oc2ccc(C(F)(F)F)cn2)cc1. The van der Waals surface area contributed by atoms with E-state index < -0.39 is 31.9 Å². The molecule has 30 heavy (non-hydrogen) atoms. The Balaban J connectivity index is 1.98. The van der Waals surface area contributed by atoms with E-state index in [1.165, 1.54) is 31.2 Å². The van der Waals surface area contributed by atoms with Crippen molar-refractivity contribution in [2.45, 2.75) is 33.1 Å². The maximum atomic E-state index is 12.6. The number of nitrogens with zero attached hydrogens (tertiary/aromatic N) is 2. The molecule has 0 N–H and O–H groups in total. The van der Waals surface area contributed by atoms with Crippen molar-refractivity contribution in [3.05, 3.63) is 48.2 Å². The Hall–Kier alpha value is -2.71. The van der Waals surface area contributed by atoms with E-state index in [1.807, 2.05) is 0 Å². The lowest BCUT2D eigenvalue weighted by molar-refractivity contribution is -0.138. The van der Waals surface area contributed by atoms with Gasteiger partial charge in [0.2, 0.25) is 5.88 Å². The lowest BCUT2D eigenvalue weighted by Gasteiger charge is -2.16. The summed E-state index contributed by atoms with van der Waals surface area (Å²) >= 11 is 0. The molecular weight excluding hydrogens is 424 g/mol. The molecule has 0 saturated carbocycles. The predicted molar refractivity (Wildman–Crippen MR) is 102 cm³/mol. The van der Waals surface area contributed by atoms with Gasteiger partial charge in [0.15, 0.2) is 6.10 Å². The number of carbonyl (C=O) groups is 1. The molecule has 0 fully saturated rings. The number of hydrogen-bond acceptors (Lipinski definition) is 6. The van der Waals surface area contributed by atoms with Crippen LogP contribution in [0.1, 0.15) is 26.3 Å². The molecular formula is C19H21F3N2O5P+. The Bertz CT molecular complexity index is 860. The third-order valence-corrected chi connectivity index (χ3v) is 5.11. The molecule has 0 aliphatic rings. The van der Waals surface area contributed by atoms with Crippen molar-refractivity contribution in [2.24, 2.45) is 0 Å². The topological polar surface area (TPSA) is 78.0 Å². The average molecular weight is 445 g/mol. The number of likely N-dealkylation sites (N-methyl/N-ethyl adjacent to an activating group) is 1. The Morgan fingerprint density at radius 1 is 1.13 bits per heavy atom. The molecule has 0 aliphatic carbocycles. The van der Waals surface area contributed by atoms with Crippen LogP contribution in [0.4, 0.5) is 13.2 Å². The zero-order valence-corrected chi connectivity index (χ0v) is 17.4. The largest absolute Gasteiger partial charge is 0.648 e. The number of carbonyl (C=O) groups excluding carboxylic acids is 1. The number of rotatable bonds is 9. The van der Waals surface area contributed by atoms with E-state index in [0.29, 0.717) is 17.7 Å². The van der Waals surface area contributed by atoms with Gasteiger partial charge in [-0.1, -0.05) is 4.67 Å². The number of amides is 1. The first kappa shape index (κ1) is 23.6. The fourth-order valence-electron chi connectivity index (χ4n) is 2.31. The van der Waals surface area contributed by atoms with Crippen molar-refractivity contribution >= 4 is 14.1 Å². The number of aromatic nitrogens is 1. The first-order chi connectivity index (χ1) is 14.2. The van der Waals surface area contributed by atoms with E-state index in [4.69, 9.17) is 14.0 Å². The minimum absolute atomic E-state index is 0.00136. The molecule has 1 aromatic heterocycles. The van der Waals surface area contributed by atoms with Gasteiger partial charge in [0.05, 0.1) is 12.1 Å². The first-order valence-corrected chi connectivity index (χ1v) is 10.2. The Morgan fingerprint density at radius 2 is 1.77 bits per heavy atom. The van der Waals surface area contributed by atoms with Gasteiger partial charge in [-0.3, -0.25) is 4.79 Å². The van der Waals surface area contributed by atoms with Gasteiger partial charge in [0.1, 0.15) is 18.1 Å². The van der Waals surface area contributed by atoms with Crippen LogP contribution in [-0.4, -0.2) is 34.8 Å². The molecule has 0 spiro atoms. The summed E-state index contributed by atoms with van der Waals surface area (Å²) < 4.78 is 66.7. The summed E-state index contributed by atoms with van der Waals surface area (Å²) in [6.45, 7) is 5.29. The van der Waals surface area contributed by atoms with Gasteiger partial charge in [0, 0.05) is 12.3 Å². The van der Waals surface area contributed by atoms with Gasteiger partial charge in [-0.25, -0.2) is 4.98 Å². The molecule has 2 unspecified atom stereocenters. The van der Waals surface area contributed by atoms with E-state index in [1.54, 1.807) is 13.8 Å². The quantitative estimate of drug-likeness (QED) is 0.494. The fraction of sp³-hybridized carbons (Fsp3) is 0.368. The molecule has 0 bridgehead atoms. The zero-order valence-electron chi connectivity index (χ0n) is 16.5. The van der Waals surface area contributed by atoms with E-state index >= 15 is 0 Å². The number of alkyl halides is 3. The summed E-state index contributed by atoms with van der Waals surface area (Å²) in [5.74, 6) is 0.189. The lowest BCUT2D eigenvalue weighted by atomic mass is 10.3. The maximum Gasteiger partial charge on any atom is 0.648 e. The van der Waals surface area contributed by atoms with Crippen LogP contribution in [0, 0.1) is 0 Å². The summed E-state index contributed by atoms with van der Waals surface area (Å²) in [4.78, 5) is 16.1. The molecule has 7 nitrogen and oxygen atoms in total. The van der Waals surface area contributed by atoms with Crippen LogP contribution in [0.25, 0.3) is 0 Å². The van der Waals surface area contributed by atoms with Gasteiger partial charge < -0.3 is 9.47 Å². The van der Waals surface area contributed by atoms with Crippen molar-refractivity contribution in [3.8, 4) is 17.4 Å². The van der Waals surface area contributed by atoms with E-state index in [0.717, 1.165) is 16.8 Å². The number of hydrogen-bond donors (Lipinski definition) is 0. The van der Waals surface area contributed by atoms with Crippen LogP contribution in [0.3, 0.4) is 0 Å². The second-order valence-corrected chi connectivity index (χ2v) is 7.14. The molecule has 2 atom stereocenters. The van der Waals surface area contributed by atoms with Crippen molar-refractivity contribution in [3.63, 3.8) is 0 Å². The van der Waals surface area contributed by atoms with Crippen LogP contribution in [0.2, 0.25) is 0 Å². The molecule has 1 aromatic carbocycles. The smallest absolute Gasteiger partial charge is 0.481 e. The standard InChI is InChI=1S/C19H21F3N2O5P/c1-4-24(30(26)27-5-2)18(25)13(3)28-15-7-9-16(10-8-15)29-17-11-6-14(12-23-17)19(20,21)22/h6-13H,4-5H2,1-3H3/q+1. The molecule has 2 rings (SSSR count). The Kier molecular flexibility index (Phi) is 8.14. The number of benzene rings is 1. The van der Waals surface area contributed by atoms with Crippen molar-refractivity contribution in [1.29, 1.82) is 0 Å². The van der Waals surface area contributed by atoms with Crippen molar-refractivity contribution < 1.29 is 36.5 Å².